The number of anilines is 1. The van der Waals surface area contributed by atoms with Crippen molar-refractivity contribution in [2.24, 2.45) is 0 Å². The Morgan fingerprint density at radius 3 is 2.36 bits per heavy atom. The van der Waals surface area contributed by atoms with Crippen LogP contribution in [0.25, 0.3) is 0 Å². The topological polar surface area (TPSA) is 58.6 Å². The maximum Gasteiger partial charge on any atom is 0.320 e. The number of hydrogen-bond acceptors (Lipinski definition) is 4. The van der Waals surface area contributed by atoms with Gasteiger partial charge in [-0.05, 0) is 31.0 Å². The van der Waals surface area contributed by atoms with E-state index < -0.39 is 0 Å². The molecule has 132 valence electrons. The normalized spacial score (nSPS) is 10.5. The first-order valence-electron chi connectivity index (χ1n) is 8.36. The number of carbonyl (C=O) groups is 2. The van der Waals surface area contributed by atoms with Gasteiger partial charge in [-0.15, -0.1) is 0 Å². The van der Waals surface area contributed by atoms with Crippen molar-refractivity contribution in [1.29, 1.82) is 0 Å². The van der Waals surface area contributed by atoms with E-state index in [0.717, 1.165) is 16.8 Å². The third-order valence-corrected chi connectivity index (χ3v) is 3.69. The van der Waals surface area contributed by atoms with Crippen LogP contribution in [0.1, 0.15) is 18.1 Å². The minimum absolute atomic E-state index is 0.0733. The van der Waals surface area contributed by atoms with E-state index >= 15 is 0 Å². The zero-order valence-corrected chi connectivity index (χ0v) is 14.7. The van der Waals surface area contributed by atoms with E-state index in [9.17, 15) is 9.59 Å². The second-order valence-electron chi connectivity index (χ2n) is 5.80. The minimum Gasteiger partial charge on any atom is -0.465 e. The average Bonchev–Trinajstić information content (AvgIpc) is 2.58. The van der Waals surface area contributed by atoms with Gasteiger partial charge in [-0.25, -0.2) is 0 Å². The van der Waals surface area contributed by atoms with Gasteiger partial charge >= 0.3 is 5.97 Å². The van der Waals surface area contributed by atoms with Crippen molar-refractivity contribution in [2.45, 2.75) is 20.4 Å². The molecule has 2 aromatic carbocycles. The van der Waals surface area contributed by atoms with E-state index in [1.54, 1.807) is 11.8 Å². The number of esters is 1. The molecule has 0 saturated carbocycles. The van der Waals surface area contributed by atoms with Crippen LogP contribution < -0.4 is 5.32 Å². The number of rotatable bonds is 8. The van der Waals surface area contributed by atoms with Gasteiger partial charge in [0.15, 0.2) is 0 Å². The number of hydrogen-bond donors (Lipinski definition) is 1. The standard InChI is InChI=1S/C20H24N2O3/c1-3-25-20(24)15-22(13-17-10-5-4-6-11-17)14-19(23)21-18-12-8-7-9-16(18)2/h4-12H,3,13-15H2,1-2H3,(H,21,23). The van der Waals surface area contributed by atoms with Crippen LogP contribution in [0.4, 0.5) is 5.69 Å². The first-order chi connectivity index (χ1) is 12.1. The number of amides is 1. The molecule has 0 fully saturated rings. The first kappa shape index (κ1) is 18.7. The Hall–Kier alpha value is -2.66. The van der Waals surface area contributed by atoms with Crippen molar-refractivity contribution in [3.63, 3.8) is 0 Å². The number of nitrogens with zero attached hydrogens (tertiary/aromatic N) is 1. The monoisotopic (exact) mass is 340 g/mol. The molecule has 0 aliphatic carbocycles. The van der Waals surface area contributed by atoms with Crippen molar-refractivity contribution in [3.8, 4) is 0 Å². The van der Waals surface area contributed by atoms with Crippen LogP contribution in [0.3, 0.4) is 0 Å². The molecule has 1 N–H and O–H groups in total. The second kappa shape index (κ2) is 9.59. The lowest BCUT2D eigenvalue weighted by molar-refractivity contribution is -0.144. The number of nitrogens with one attached hydrogen (secondary N) is 1. The van der Waals surface area contributed by atoms with Crippen LogP contribution in [-0.2, 0) is 20.9 Å². The highest BCUT2D eigenvalue weighted by molar-refractivity contribution is 5.93. The summed E-state index contributed by atoms with van der Waals surface area (Å²) < 4.78 is 5.02. The smallest absolute Gasteiger partial charge is 0.320 e. The lowest BCUT2D eigenvalue weighted by Gasteiger charge is -2.21. The number of benzene rings is 2. The molecular formula is C20H24N2O3. The molecule has 5 heteroatoms. The molecule has 2 rings (SSSR count). The molecular weight excluding hydrogens is 316 g/mol. The number of ether oxygens (including phenoxy) is 1. The molecule has 2 aromatic rings. The fourth-order valence-corrected chi connectivity index (χ4v) is 2.50. The molecule has 0 unspecified atom stereocenters. The van der Waals surface area contributed by atoms with Crippen LogP contribution in [0.2, 0.25) is 0 Å². The molecule has 25 heavy (non-hydrogen) atoms. The van der Waals surface area contributed by atoms with Gasteiger partial charge in [0.05, 0.1) is 19.7 Å². The van der Waals surface area contributed by atoms with Crippen molar-refractivity contribution >= 4 is 17.6 Å². The highest BCUT2D eigenvalue weighted by atomic mass is 16.5. The van der Waals surface area contributed by atoms with E-state index in [2.05, 4.69) is 5.32 Å². The van der Waals surface area contributed by atoms with Crippen molar-refractivity contribution in [1.82, 2.24) is 4.90 Å². The lowest BCUT2D eigenvalue weighted by Crippen LogP contribution is -2.37. The Kier molecular flexibility index (Phi) is 7.16. The van der Waals surface area contributed by atoms with E-state index in [0.29, 0.717) is 13.2 Å². The molecule has 0 bridgehead atoms. The van der Waals surface area contributed by atoms with E-state index in [-0.39, 0.29) is 25.0 Å². The van der Waals surface area contributed by atoms with Crippen molar-refractivity contribution in [2.75, 3.05) is 25.0 Å². The van der Waals surface area contributed by atoms with Crippen LogP contribution in [-0.4, -0.2) is 36.5 Å². The highest BCUT2D eigenvalue weighted by Crippen LogP contribution is 2.13. The number of para-hydroxylation sites is 1. The summed E-state index contributed by atoms with van der Waals surface area (Å²) in [4.78, 5) is 26.0. The Balaban J connectivity index is 2.02. The summed E-state index contributed by atoms with van der Waals surface area (Å²) in [5, 5.41) is 2.90. The summed E-state index contributed by atoms with van der Waals surface area (Å²) in [7, 11) is 0. The molecule has 0 spiro atoms. The van der Waals surface area contributed by atoms with Crippen LogP contribution in [0, 0.1) is 6.92 Å². The summed E-state index contributed by atoms with van der Waals surface area (Å²) in [6.45, 7) is 4.72. The van der Waals surface area contributed by atoms with Crippen LogP contribution in [0.5, 0.6) is 0 Å². The molecule has 0 heterocycles. The second-order valence-corrected chi connectivity index (χ2v) is 5.80. The molecule has 0 atom stereocenters. The number of aryl methyl sites for hydroxylation is 1. The summed E-state index contributed by atoms with van der Waals surface area (Å²) in [5.41, 5.74) is 2.81. The fraction of sp³-hybridized carbons (Fsp3) is 0.300. The molecule has 0 aliphatic heterocycles. The lowest BCUT2D eigenvalue weighted by atomic mass is 10.2. The van der Waals surface area contributed by atoms with Gasteiger partial charge in [0.1, 0.15) is 0 Å². The summed E-state index contributed by atoms with van der Waals surface area (Å²) in [5.74, 6) is -0.489. The predicted molar refractivity (Wildman–Crippen MR) is 98.2 cm³/mol. The van der Waals surface area contributed by atoms with E-state index in [4.69, 9.17) is 4.74 Å². The largest absolute Gasteiger partial charge is 0.465 e. The minimum atomic E-state index is -0.331. The quantitative estimate of drug-likeness (QED) is 0.751. The van der Waals surface area contributed by atoms with Crippen molar-refractivity contribution in [3.05, 3.63) is 65.7 Å². The molecule has 0 aliphatic rings. The zero-order valence-electron chi connectivity index (χ0n) is 14.7. The Morgan fingerprint density at radius 1 is 1.00 bits per heavy atom. The molecule has 0 aromatic heterocycles. The van der Waals surface area contributed by atoms with E-state index in [1.165, 1.54) is 0 Å². The van der Waals surface area contributed by atoms with Gasteiger partial charge in [-0.2, -0.15) is 0 Å². The summed E-state index contributed by atoms with van der Waals surface area (Å²) in [6, 6.07) is 17.3. The molecule has 1 amide bonds. The molecule has 0 radical (unpaired) electrons. The maximum atomic E-state index is 12.4. The third-order valence-electron chi connectivity index (χ3n) is 3.69. The Morgan fingerprint density at radius 2 is 1.68 bits per heavy atom. The van der Waals surface area contributed by atoms with Gasteiger partial charge in [-0.1, -0.05) is 48.5 Å². The van der Waals surface area contributed by atoms with Gasteiger partial charge in [0.2, 0.25) is 5.91 Å². The Bertz CT molecular complexity index is 701. The van der Waals surface area contributed by atoms with Gasteiger partial charge < -0.3 is 10.1 Å². The van der Waals surface area contributed by atoms with E-state index in [1.807, 2.05) is 61.5 Å². The van der Waals surface area contributed by atoms with Crippen LogP contribution in [0.15, 0.2) is 54.6 Å². The number of carbonyl (C=O) groups excluding carboxylic acids is 2. The van der Waals surface area contributed by atoms with Crippen molar-refractivity contribution < 1.29 is 14.3 Å². The fourth-order valence-electron chi connectivity index (χ4n) is 2.50. The van der Waals surface area contributed by atoms with Gasteiger partial charge in [0.25, 0.3) is 0 Å². The summed E-state index contributed by atoms with van der Waals surface area (Å²) >= 11 is 0. The highest BCUT2D eigenvalue weighted by Gasteiger charge is 2.16. The van der Waals surface area contributed by atoms with Gasteiger partial charge in [-0.3, -0.25) is 14.5 Å². The van der Waals surface area contributed by atoms with Crippen LogP contribution >= 0.6 is 0 Å². The first-order valence-corrected chi connectivity index (χ1v) is 8.36. The predicted octanol–water partition coefficient (Wildman–Crippen LogP) is 3.00. The SMILES string of the molecule is CCOC(=O)CN(CC(=O)Nc1ccccc1C)Cc1ccccc1. The molecule has 5 nitrogen and oxygen atoms in total. The third kappa shape index (κ3) is 6.39. The zero-order chi connectivity index (χ0) is 18.1. The molecule has 0 saturated heterocycles. The van der Waals surface area contributed by atoms with Gasteiger partial charge in [0, 0.05) is 12.2 Å². The maximum absolute atomic E-state index is 12.4. The Labute approximate surface area is 148 Å². The average molecular weight is 340 g/mol. The summed E-state index contributed by atoms with van der Waals surface area (Å²) in [6.07, 6.45) is 0.